The minimum absolute atomic E-state index is 0.0491. The summed E-state index contributed by atoms with van der Waals surface area (Å²) < 4.78 is 5.23. The molecule has 1 aliphatic rings. The van der Waals surface area contributed by atoms with Crippen LogP contribution in [0, 0.1) is 5.92 Å². The molecule has 0 aromatic rings. The summed E-state index contributed by atoms with van der Waals surface area (Å²) in [5.41, 5.74) is 0. The Kier molecular flexibility index (Phi) is 6.46. The molecule has 1 N–H and O–H groups in total. The van der Waals surface area contributed by atoms with Gasteiger partial charge in [-0.3, -0.25) is 4.79 Å². The third-order valence-electron chi connectivity index (χ3n) is 3.20. The Hall–Kier alpha value is -0.570. The van der Waals surface area contributed by atoms with Crippen LogP contribution in [0.3, 0.4) is 0 Å². The van der Waals surface area contributed by atoms with E-state index < -0.39 is 0 Å². The summed E-state index contributed by atoms with van der Waals surface area (Å²) in [5, 5.41) is 3.07. The summed E-state index contributed by atoms with van der Waals surface area (Å²) in [5.74, 6) is 0.867. The van der Waals surface area contributed by atoms with E-state index in [0.717, 1.165) is 25.2 Å². The molecule has 0 aromatic heterocycles. The predicted molar refractivity (Wildman–Crippen MR) is 65.3 cm³/mol. The molecule has 0 heterocycles. The van der Waals surface area contributed by atoms with Gasteiger partial charge in [0.1, 0.15) is 6.61 Å². The molecule has 1 aliphatic carbocycles. The molecule has 1 fully saturated rings. The molecule has 94 valence electrons. The van der Waals surface area contributed by atoms with Crippen molar-refractivity contribution in [2.45, 2.75) is 58.4 Å². The molecule has 16 heavy (non-hydrogen) atoms. The monoisotopic (exact) mass is 227 g/mol. The van der Waals surface area contributed by atoms with Gasteiger partial charge in [-0.25, -0.2) is 0 Å². The quantitative estimate of drug-likeness (QED) is 0.579. The Morgan fingerprint density at radius 3 is 2.88 bits per heavy atom. The fraction of sp³-hybridized carbons (Fsp3) is 0.923. The molecule has 3 heteroatoms. The number of amides is 1. The molecule has 0 aromatic carbocycles. The molecule has 0 saturated heterocycles. The summed E-state index contributed by atoms with van der Waals surface area (Å²) >= 11 is 0. The van der Waals surface area contributed by atoms with Crippen molar-refractivity contribution in [1.82, 2.24) is 5.32 Å². The Bertz CT molecular complexity index is 206. The fourth-order valence-corrected chi connectivity index (χ4v) is 2.21. The molecule has 1 rings (SSSR count). The number of ether oxygens (including phenoxy) is 1. The SMILES string of the molecule is CCCOCC(=O)NC1CCCC(C)CC1. The zero-order valence-corrected chi connectivity index (χ0v) is 10.6. The second-order valence-corrected chi connectivity index (χ2v) is 4.93. The van der Waals surface area contributed by atoms with Crippen LogP contribution in [0.5, 0.6) is 0 Å². The topological polar surface area (TPSA) is 38.3 Å². The van der Waals surface area contributed by atoms with E-state index in [1.807, 2.05) is 6.92 Å². The fourth-order valence-electron chi connectivity index (χ4n) is 2.21. The van der Waals surface area contributed by atoms with Crippen molar-refractivity contribution in [2.24, 2.45) is 5.92 Å². The Balaban J connectivity index is 2.17. The summed E-state index contributed by atoms with van der Waals surface area (Å²) in [6, 6.07) is 0.377. The van der Waals surface area contributed by atoms with Crippen molar-refractivity contribution >= 4 is 5.91 Å². The third-order valence-corrected chi connectivity index (χ3v) is 3.20. The van der Waals surface area contributed by atoms with E-state index in [9.17, 15) is 4.79 Å². The van der Waals surface area contributed by atoms with Crippen LogP contribution in [0.2, 0.25) is 0 Å². The van der Waals surface area contributed by atoms with E-state index in [1.54, 1.807) is 0 Å². The number of nitrogens with one attached hydrogen (secondary N) is 1. The van der Waals surface area contributed by atoms with Crippen molar-refractivity contribution < 1.29 is 9.53 Å². The molecule has 2 atom stereocenters. The lowest BCUT2D eigenvalue weighted by molar-refractivity contribution is -0.126. The van der Waals surface area contributed by atoms with Gasteiger partial charge < -0.3 is 10.1 Å². The molecule has 1 saturated carbocycles. The van der Waals surface area contributed by atoms with Crippen LogP contribution in [0.25, 0.3) is 0 Å². The van der Waals surface area contributed by atoms with E-state index in [0.29, 0.717) is 12.6 Å². The van der Waals surface area contributed by atoms with Gasteiger partial charge in [-0.1, -0.05) is 26.7 Å². The minimum Gasteiger partial charge on any atom is -0.372 e. The van der Waals surface area contributed by atoms with Gasteiger partial charge in [-0.2, -0.15) is 0 Å². The third kappa shape index (κ3) is 5.50. The summed E-state index contributed by atoms with van der Waals surface area (Å²) in [6.07, 6.45) is 7.00. The Morgan fingerprint density at radius 1 is 1.31 bits per heavy atom. The highest BCUT2D eigenvalue weighted by atomic mass is 16.5. The van der Waals surface area contributed by atoms with Crippen molar-refractivity contribution in [1.29, 1.82) is 0 Å². The summed E-state index contributed by atoms with van der Waals surface area (Å²) in [7, 11) is 0. The minimum atomic E-state index is 0.0491. The highest BCUT2D eigenvalue weighted by molar-refractivity contribution is 5.77. The second kappa shape index (κ2) is 7.66. The first-order valence-electron chi connectivity index (χ1n) is 6.59. The van der Waals surface area contributed by atoms with Crippen LogP contribution < -0.4 is 5.32 Å². The van der Waals surface area contributed by atoms with Crippen molar-refractivity contribution in [3.8, 4) is 0 Å². The van der Waals surface area contributed by atoms with Crippen LogP contribution in [-0.4, -0.2) is 25.2 Å². The maximum absolute atomic E-state index is 11.5. The first-order chi connectivity index (χ1) is 7.72. The molecule has 0 radical (unpaired) electrons. The van der Waals surface area contributed by atoms with E-state index in [1.165, 1.54) is 19.3 Å². The maximum atomic E-state index is 11.5. The average molecular weight is 227 g/mol. The number of carbonyl (C=O) groups is 1. The number of carbonyl (C=O) groups excluding carboxylic acids is 1. The van der Waals surface area contributed by atoms with Gasteiger partial charge in [0.15, 0.2) is 0 Å². The molecular weight excluding hydrogens is 202 g/mol. The Labute approximate surface area is 98.9 Å². The lowest BCUT2D eigenvalue weighted by Gasteiger charge is -2.16. The molecular formula is C13H25NO2. The summed E-state index contributed by atoms with van der Waals surface area (Å²) in [6.45, 7) is 5.24. The molecule has 0 spiro atoms. The van der Waals surface area contributed by atoms with Crippen molar-refractivity contribution in [3.05, 3.63) is 0 Å². The molecule has 3 nitrogen and oxygen atoms in total. The summed E-state index contributed by atoms with van der Waals surface area (Å²) in [4.78, 5) is 11.5. The van der Waals surface area contributed by atoms with Crippen LogP contribution in [0.1, 0.15) is 52.4 Å². The van der Waals surface area contributed by atoms with Crippen LogP contribution in [-0.2, 0) is 9.53 Å². The number of hydrogen-bond acceptors (Lipinski definition) is 2. The smallest absolute Gasteiger partial charge is 0.246 e. The maximum Gasteiger partial charge on any atom is 0.246 e. The van der Waals surface area contributed by atoms with E-state index in [-0.39, 0.29) is 12.5 Å². The predicted octanol–water partition coefficient (Wildman–Crippen LogP) is 2.50. The number of rotatable bonds is 5. The van der Waals surface area contributed by atoms with Gasteiger partial charge in [0.2, 0.25) is 5.91 Å². The second-order valence-electron chi connectivity index (χ2n) is 4.93. The Morgan fingerprint density at radius 2 is 2.12 bits per heavy atom. The van der Waals surface area contributed by atoms with Gasteiger partial charge in [-0.15, -0.1) is 0 Å². The first-order valence-corrected chi connectivity index (χ1v) is 6.59. The van der Waals surface area contributed by atoms with Crippen LogP contribution in [0.4, 0.5) is 0 Å². The zero-order chi connectivity index (χ0) is 11.8. The van der Waals surface area contributed by atoms with E-state index in [4.69, 9.17) is 4.74 Å². The largest absolute Gasteiger partial charge is 0.372 e. The van der Waals surface area contributed by atoms with Gasteiger partial charge >= 0.3 is 0 Å². The van der Waals surface area contributed by atoms with Crippen molar-refractivity contribution in [3.63, 3.8) is 0 Å². The van der Waals surface area contributed by atoms with E-state index >= 15 is 0 Å². The van der Waals surface area contributed by atoms with Gasteiger partial charge in [0.05, 0.1) is 0 Å². The average Bonchev–Trinajstić information content (AvgIpc) is 2.44. The highest BCUT2D eigenvalue weighted by Crippen LogP contribution is 2.22. The lowest BCUT2D eigenvalue weighted by Crippen LogP contribution is -2.37. The first kappa shape index (κ1) is 13.5. The van der Waals surface area contributed by atoms with Crippen LogP contribution in [0.15, 0.2) is 0 Å². The molecule has 2 unspecified atom stereocenters. The van der Waals surface area contributed by atoms with E-state index in [2.05, 4.69) is 12.2 Å². The molecule has 0 bridgehead atoms. The van der Waals surface area contributed by atoms with Gasteiger partial charge in [0, 0.05) is 12.6 Å². The van der Waals surface area contributed by atoms with Gasteiger partial charge in [-0.05, 0) is 31.6 Å². The lowest BCUT2D eigenvalue weighted by atomic mass is 10.0. The molecule has 0 aliphatic heterocycles. The van der Waals surface area contributed by atoms with Gasteiger partial charge in [0.25, 0.3) is 0 Å². The normalized spacial score (nSPS) is 26.1. The molecule has 1 amide bonds. The highest BCUT2D eigenvalue weighted by Gasteiger charge is 2.17. The zero-order valence-electron chi connectivity index (χ0n) is 10.6. The van der Waals surface area contributed by atoms with Crippen LogP contribution >= 0.6 is 0 Å². The van der Waals surface area contributed by atoms with Crippen molar-refractivity contribution in [2.75, 3.05) is 13.2 Å². The standard InChI is InChI=1S/C13H25NO2/c1-3-9-16-10-13(15)14-12-6-4-5-11(2)7-8-12/h11-12H,3-10H2,1-2H3,(H,14,15). The number of hydrogen-bond donors (Lipinski definition) is 1.